The molecule has 36 heavy (non-hydrogen) atoms. The Bertz CT molecular complexity index is 1180. The van der Waals surface area contributed by atoms with Crippen molar-refractivity contribution in [3.63, 3.8) is 0 Å². The minimum atomic E-state index is -0.113. The lowest BCUT2D eigenvalue weighted by atomic mass is 9.84. The molecule has 9 nitrogen and oxygen atoms in total. The molecule has 0 saturated carbocycles. The molecule has 0 bridgehead atoms. The molecule has 0 unspecified atom stereocenters. The molecule has 1 aromatic carbocycles. The van der Waals surface area contributed by atoms with E-state index >= 15 is 0 Å². The maximum absolute atomic E-state index is 13.3. The van der Waals surface area contributed by atoms with Crippen LogP contribution in [0.4, 0.5) is 0 Å². The first-order chi connectivity index (χ1) is 17.4. The highest BCUT2D eigenvalue weighted by Crippen LogP contribution is 2.29. The van der Waals surface area contributed by atoms with E-state index in [1.165, 1.54) is 0 Å². The van der Waals surface area contributed by atoms with Crippen LogP contribution in [0.3, 0.4) is 0 Å². The number of ether oxygens (including phenoxy) is 2. The van der Waals surface area contributed by atoms with Crippen molar-refractivity contribution in [3.05, 3.63) is 71.4 Å². The third-order valence-corrected chi connectivity index (χ3v) is 6.86. The average Bonchev–Trinajstić information content (AvgIpc) is 3.55. The van der Waals surface area contributed by atoms with E-state index in [4.69, 9.17) is 13.9 Å². The first-order valence-corrected chi connectivity index (χ1v) is 12.2. The van der Waals surface area contributed by atoms with E-state index in [1.807, 2.05) is 35.0 Å². The lowest BCUT2D eigenvalue weighted by molar-refractivity contribution is 0.0501. The predicted molar refractivity (Wildman–Crippen MR) is 134 cm³/mol. The third kappa shape index (κ3) is 5.79. The molecule has 0 aliphatic carbocycles. The van der Waals surface area contributed by atoms with Gasteiger partial charge < -0.3 is 23.7 Å². The Morgan fingerprint density at radius 3 is 2.61 bits per heavy atom. The maximum Gasteiger partial charge on any atom is 0.289 e. The number of aromatic nitrogens is 2. The van der Waals surface area contributed by atoms with Gasteiger partial charge in [0.25, 0.3) is 11.8 Å². The molecule has 0 spiro atoms. The predicted octanol–water partition coefficient (Wildman–Crippen LogP) is 3.40. The molecule has 1 atom stereocenters. The van der Waals surface area contributed by atoms with Crippen molar-refractivity contribution >= 4 is 11.8 Å². The summed E-state index contributed by atoms with van der Waals surface area (Å²) in [4.78, 5) is 29.9. The van der Waals surface area contributed by atoms with Gasteiger partial charge in [-0.25, -0.2) is 0 Å². The van der Waals surface area contributed by atoms with Crippen LogP contribution in [0.25, 0.3) is 0 Å². The zero-order chi connectivity index (χ0) is 25.7. The van der Waals surface area contributed by atoms with Crippen LogP contribution in [0.2, 0.25) is 0 Å². The van der Waals surface area contributed by atoms with Crippen LogP contribution in [-0.2, 0) is 24.8 Å². The molecule has 192 valence electrons. The molecule has 1 aliphatic rings. The number of likely N-dealkylation sites (N-methyl/N-ethyl adjacent to an activating group) is 1. The summed E-state index contributed by atoms with van der Waals surface area (Å²) >= 11 is 0. The summed E-state index contributed by atoms with van der Waals surface area (Å²) in [5.74, 6) is 1.75. The van der Waals surface area contributed by atoms with Crippen LogP contribution < -0.4 is 4.74 Å². The first-order valence-electron chi connectivity index (χ1n) is 12.2. The molecular formula is C27H34N4O5. The van der Waals surface area contributed by atoms with Crippen molar-refractivity contribution in [2.45, 2.75) is 31.9 Å². The molecule has 1 fully saturated rings. The zero-order valence-corrected chi connectivity index (χ0v) is 21.3. The van der Waals surface area contributed by atoms with Crippen LogP contribution in [0.5, 0.6) is 5.75 Å². The molecular weight excluding hydrogens is 460 g/mol. The summed E-state index contributed by atoms with van der Waals surface area (Å²) in [6, 6.07) is 13.1. The van der Waals surface area contributed by atoms with Crippen molar-refractivity contribution in [1.82, 2.24) is 19.6 Å². The second kappa shape index (κ2) is 11.4. The third-order valence-electron chi connectivity index (χ3n) is 6.86. The number of aryl methyl sites for hydroxylation is 1. The van der Waals surface area contributed by atoms with Crippen molar-refractivity contribution < 1.29 is 23.5 Å². The monoisotopic (exact) mass is 494 g/mol. The van der Waals surface area contributed by atoms with Gasteiger partial charge in [0.05, 0.1) is 7.11 Å². The molecule has 2 amide bonds. The van der Waals surface area contributed by atoms with E-state index in [-0.39, 0.29) is 23.8 Å². The Morgan fingerprint density at radius 1 is 1.17 bits per heavy atom. The van der Waals surface area contributed by atoms with Crippen LogP contribution in [0.1, 0.15) is 45.2 Å². The van der Waals surface area contributed by atoms with Crippen LogP contribution >= 0.6 is 0 Å². The van der Waals surface area contributed by atoms with Crippen molar-refractivity contribution in [3.8, 4) is 5.75 Å². The number of hydrogen-bond donors (Lipinski definition) is 0. The standard InChI is InChI=1S/C27H34N4O5/c1-29-13-12-23(28-29)26(32)30(2)24(17-19-6-5-7-21(16-19)35-4)20-10-14-31(15-11-20)27(33)25-9-8-22(36-25)18-34-3/h5-9,12-13,16,20,24H,10-11,14-15,17-18H2,1-4H3/t24-/m1/s1. The van der Waals surface area contributed by atoms with E-state index in [1.54, 1.807) is 50.3 Å². The summed E-state index contributed by atoms with van der Waals surface area (Å²) in [6.07, 6.45) is 4.02. The normalized spacial score (nSPS) is 15.1. The lowest BCUT2D eigenvalue weighted by Gasteiger charge is -2.39. The molecule has 2 aromatic heterocycles. The average molecular weight is 495 g/mol. The number of furan rings is 1. The quantitative estimate of drug-likeness (QED) is 0.453. The number of piperidine rings is 1. The maximum atomic E-state index is 13.3. The summed E-state index contributed by atoms with van der Waals surface area (Å²) in [6.45, 7) is 1.53. The van der Waals surface area contributed by atoms with Gasteiger partial charge in [0.15, 0.2) is 5.76 Å². The molecule has 1 saturated heterocycles. The summed E-state index contributed by atoms with van der Waals surface area (Å²) in [5.41, 5.74) is 1.52. The van der Waals surface area contributed by atoms with Gasteiger partial charge in [0, 0.05) is 46.5 Å². The number of likely N-dealkylation sites (tertiary alicyclic amines) is 1. The fraction of sp³-hybridized carbons (Fsp3) is 0.444. The number of benzene rings is 1. The Morgan fingerprint density at radius 2 is 1.94 bits per heavy atom. The van der Waals surface area contributed by atoms with E-state index in [9.17, 15) is 9.59 Å². The molecule has 0 radical (unpaired) electrons. The van der Waals surface area contributed by atoms with Gasteiger partial charge in [-0.2, -0.15) is 5.10 Å². The van der Waals surface area contributed by atoms with Crippen molar-refractivity contribution in [1.29, 1.82) is 0 Å². The van der Waals surface area contributed by atoms with Crippen molar-refractivity contribution in [2.24, 2.45) is 13.0 Å². The summed E-state index contributed by atoms with van der Waals surface area (Å²) < 4.78 is 17.8. The number of nitrogens with zero attached hydrogens (tertiary/aromatic N) is 4. The Labute approximate surface area is 211 Å². The number of rotatable bonds is 9. The van der Waals surface area contributed by atoms with Gasteiger partial charge in [0.1, 0.15) is 23.8 Å². The first kappa shape index (κ1) is 25.5. The highest BCUT2D eigenvalue weighted by Gasteiger charge is 2.34. The summed E-state index contributed by atoms with van der Waals surface area (Å²) in [5, 5.41) is 4.31. The van der Waals surface area contributed by atoms with E-state index < -0.39 is 0 Å². The smallest absolute Gasteiger partial charge is 0.289 e. The van der Waals surface area contributed by atoms with Gasteiger partial charge in [-0.1, -0.05) is 12.1 Å². The molecule has 3 aromatic rings. The van der Waals surface area contributed by atoms with Gasteiger partial charge in [0.2, 0.25) is 0 Å². The second-order valence-corrected chi connectivity index (χ2v) is 9.24. The molecule has 3 heterocycles. The summed E-state index contributed by atoms with van der Waals surface area (Å²) in [7, 11) is 6.89. The van der Waals surface area contributed by atoms with Gasteiger partial charge in [-0.05, 0) is 61.1 Å². The van der Waals surface area contributed by atoms with Crippen molar-refractivity contribution in [2.75, 3.05) is 34.4 Å². The molecule has 1 aliphatic heterocycles. The number of carbonyl (C=O) groups excluding carboxylic acids is 2. The van der Waals surface area contributed by atoms with E-state index in [0.29, 0.717) is 43.3 Å². The van der Waals surface area contributed by atoms with Gasteiger partial charge in [-0.3, -0.25) is 14.3 Å². The fourth-order valence-electron chi connectivity index (χ4n) is 4.88. The second-order valence-electron chi connectivity index (χ2n) is 9.24. The Hall–Kier alpha value is -3.59. The van der Waals surface area contributed by atoms with Gasteiger partial charge in [-0.15, -0.1) is 0 Å². The molecule has 9 heteroatoms. The van der Waals surface area contributed by atoms with E-state index in [2.05, 4.69) is 11.2 Å². The SMILES string of the molecule is COCc1ccc(C(=O)N2CCC([C@@H](Cc3cccc(OC)c3)N(C)C(=O)c3ccn(C)n3)CC2)o1. The zero-order valence-electron chi connectivity index (χ0n) is 21.3. The minimum absolute atomic E-state index is 0.0548. The topological polar surface area (TPSA) is 90.0 Å². The molecule has 4 rings (SSSR count). The number of amides is 2. The number of carbonyl (C=O) groups is 2. The Balaban J connectivity index is 1.49. The van der Waals surface area contributed by atoms with Crippen LogP contribution in [-0.4, -0.2) is 71.8 Å². The van der Waals surface area contributed by atoms with Gasteiger partial charge >= 0.3 is 0 Å². The minimum Gasteiger partial charge on any atom is -0.497 e. The number of methoxy groups -OCH3 is 2. The van der Waals surface area contributed by atoms with Crippen LogP contribution in [0.15, 0.2) is 53.1 Å². The Kier molecular flexibility index (Phi) is 8.10. The lowest BCUT2D eigenvalue weighted by Crippen LogP contribution is -2.48. The highest BCUT2D eigenvalue weighted by molar-refractivity contribution is 5.92. The number of hydrogen-bond acceptors (Lipinski definition) is 6. The van der Waals surface area contributed by atoms with Crippen LogP contribution in [0, 0.1) is 5.92 Å². The molecule has 0 N–H and O–H groups in total. The fourth-order valence-corrected chi connectivity index (χ4v) is 4.88. The highest BCUT2D eigenvalue weighted by atomic mass is 16.5. The van der Waals surface area contributed by atoms with E-state index in [0.717, 1.165) is 24.2 Å². The largest absolute Gasteiger partial charge is 0.497 e.